The van der Waals surface area contributed by atoms with Crippen molar-refractivity contribution in [1.82, 2.24) is 14.3 Å². The lowest BCUT2D eigenvalue weighted by atomic mass is 10.2. The first kappa shape index (κ1) is 10.6. The number of anilines is 1. The van der Waals surface area contributed by atoms with Crippen LogP contribution in [0.1, 0.15) is 12.7 Å². The van der Waals surface area contributed by atoms with Crippen LogP contribution in [0.4, 0.5) is 5.13 Å². The van der Waals surface area contributed by atoms with Crippen LogP contribution in [0.25, 0.3) is 5.57 Å². The van der Waals surface area contributed by atoms with E-state index in [0.29, 0.717) is 16.5 Å². The summed E-state index contributed by atoms with van der Waals surface area (Å²) in [5.41, 5.74) is 5.92. The molecule has 0 radical (unpaired) electrons. The molecule has 0 fully saturated rings. The third-order valence-electron chi connectivity index (χ3n) is 1.45. The molecular formula is C8H12N4OS. The van der Waals surface area contributed by atoms with Crippen LogP contribution >= 0.6 is 11.5 Å². The topological polar surface area (TPSA) is 72.1 Å². The molecule has 0 saturated carbocycles. The molecule has 0 unspecified atom stereocenters. The number of nitrogen functional groups attached to an aromatic ring is 1. The zero-order chi connectivity index (χ0) is 10.7. The summed E-state index contributed by atoms with van der Waals surface area (Å²) in [4.78, 5) is 17.0. The molecule has 76 valence electrons. The quantitative estimate of drug-likeness (QED) is 0.743. The highest BCUT2D eigenvalue weighted by Gasteiger charge is 2.12. The van der Waals surface area contributed by atoms with Crippen LogP contribution in [0.3, 0.4) is 0 Å². The summed E-state index contributed by atoms with van der Waals surface area (Å²) in [5.74, 6) is 0.324. The van der Waals surface area contributed by atoms with E-state index in [4.69, 9.17) is 5.73 Å². The van der Waals surface area contributed by atoms with E-state index in [1.807, 2.05) is 14.1 Å². The van der Waals surface area contributed by atoms with Crippen molar-refractivity contribution in [2.24, 2.45) is 0 Å². The summed E-state index contributed by atoms with van der Waals surface area (Å²) in [5, 5.41) is 0.367. The highest BCUT2D eigenvalue weighted by Crippen LogP contribution is 2.16. The molecule has 2 N–H and O–H groups in total. The molecule has 0 atom stereocenters. The van der Waals surface area contributed by atoms with Gasteiger partial charge in [-0.25, -0.2) is 0 Å². The fourth-order valence-electron chi connectivity index (χ4n) is 0.909. The number of Topliss-reactive ketones (excluding diaryl/α,β-unsaturated/α-hetero) is 1. The molecule has 0 aromatic carbocycles. The number of rotatable bonds is 3. The Morgan fingerprint density at radius 1 is 1.57 bits per heavy atom. The van der Waals surface area contributed by atoms with Crippen molar-refractivity contribution >= 4 is 28.0 Å². The molecule has 1 aromatic rings. The molecule has 0 bridgehead atoms. The fraction of sp³-hybridized carbons (Fsp3) is 0.375. The number of nitrogens with zero attached hydrogens (tertiary/aromatic N) is 3. The smallest absolute Gasteiger partial charge is 0.200 e. The molecule has 1 heterocycles. The van der Waals surface area contributed by atoms with Gasteiger partial charge in [-0.15, -0.1) is 0 Å². The minimum absolute atomic E-state index is 0.0727. The zero-order valence-corrected chi connectivity index (χ0v) is 9.13. The van der Waals surface area contributed by atoms with Gasteiger partial charge in [-0.1, -0.05) is 0 Å². The minimum Gasteiger partial charge on any atom is -0.383 e. The van der Waals surface area contributed by atoms with E-state index in [0.717, 1.165) is 11.5 Å². The van der Waals surface area contributed by atoms with Gasteiger partial charge in [0.05, 0.1) is 5.57 Å². The van der Waals surface area contributed by atoms with Gasteiger partial charge in [-0.3, -0.25) is 4.79 Å². The first-order chi connectivity index (χ1) is 6.50. The molecule has 1 aromatic heterocycles. The van der Waals surface area contributed by atoms with E-state index in [2.05, 4.69) is 9.36 Å². The average Bonchev–Trinajstić information content (AvgIpc) is 2.46. The van der Waals surface area contributed by atoms with Crippen LogP contribution in [0.15, 0.2) is 6.20 Å². The largest absolute Gasteiger partial charge is 0.383 e. The predicted molar refractivity (Wildman–Crippen MR) is 56.7 cm³/mol. The lowest BCUT2D eigenvalue weighted by Gasteiger charge is -2.06. The third kappa shape index (κ3) is 2.53. The summed E-state index contributed by atoms with van der Waals surface area (Å²) >= 11 is 1.08. The van der Waals surface area contributed by atoms with Crippen LogP contribution < -0.4 is 5.73 Å². The molecule has 14 heavy (non-hydrogen) atoms. The molecule has 0 amide bonds. The molecule has 5 nitrogen and oxygen atoms in total. The van der Waals surface area contributed by atoms with Crippen molar-refractivity contribution in [3.8, 4) is 0 Å². The van der Waals surface area contributed by atoms with Crippen molar-refractivity contribution in [2.45, 2.75) is 6.92 Å². The first-order valence-corrected chi connectivity index (χ1v) is 4.77. The Labute approximate surface area is 86.4 Å². The Hall–Kier alpha value is -1.43. The maximum atomic E-state index is 11.3. The van der Waals surface area contributed by atoms with Gasteiger partial charge in [-0.05, 0) is 6.92 Å². The van der Waals surface area contributed by atoms with E-state index in [1.165, 1.54) is 6.92 Å². The molecule has 6 heteroatoms. The number of aromatic nitrogens is 2. The number of nitrogens with two attached hydrogens (primary N) is 1. The maximum Gasteiger partial charge on any atom is 0.200 e. The van der Waals surface area contributed by atoms with Crippen molar-refractivity contribution < 1.29 is 4.79 Å². The fourth-order valence-corrected chi connectivity index (χ4v) is 1.36. The first-order valence-electron chi connectivity index (χ1n) is 3.99. The van der Waals surface area contributed by atoms with Gasteiger partial charge in [0.15, 0.2) is 16.7 Å². The standard InChI is InChI=1S/C8H12N4OS/c1-5(13)6(4-12(2)3)7-10-8(9)14-11-7/h4H,1-3H3,(H2,9,10,11). The Balaban J connectivity index is 3.07. The highest BCUT2D eigenvalue weighted by molar-refractivity contribution is 7.09. The van der Waals surface area contributed by atoms with E-state index in [9.17, 15) is 4.79 Å². The molecule has 1 rings (SSSR count). The summed E-state index contributed by atoms with van der Waals surface area (Å²) in [6.45, 7) is 1.48. The van der Waals surface area contributed by atoms with Gasteiger partial charge < -0.3 is 10.6 Å². The number of ketones is 1. The third-order valence-corrected chi connectivity index (χ3v) is 1.99. The SMILES string of the molecule is CC(=O)C(=CN(C)C)c1nsc(N)n1. The molecule has 0 aliphatic carbocycles. The summed E-state index contributed by atoms with van der Waals surface area (Å²) in [6, 6.07) is 0. The Kier molecular flexibility index (Phi) is 3.19. The van der Waals surface area contributed by atoms with Gasteiger partial charge in [0.1, 0.15) is 0 Å². The molecule has 0 aliphatic heterocycles. The van der Waals surface area contributed by atoms with Crippen LogP contribution in [0.2, 0.25) is 0 Å². The lowest BCUT2D eigenvalue weighted by Crippen LogP contribution is -2.07. The second-order valence-electron chi connectivity index (χ2n) is 3.02. The van der Waals surface area contributed by atoms with Crippen LogP contribution in [-0.2, 0) is 4.79 Å². The highest BCUT2D eigenvalue weighted by atomic mass is 32.1. The van der Waals surface area contributed by atoms with Gasteiger partial charge in [0.2, 0.25) is 0 Å². The number of hydrogen-bond donors (Lipinski definition) is 1. The molecule has 0 saturated heterocycles. The van der Waals surface area contributed by atoms with E-state index >= 15 is 0 Å². The van der Waals surface area contributed by atoms with Crippen molar-refractivity contribution in [1.29, 1.82) is 0 Å². The molecule has 0 spiro atoms. The summed E-state index contributed by atoms with van der Waals surface area (Å²) in [6.07, 6.45) is 1.68. The summed E-state index contributed by atoms with van der Waals surface area (Å²) < 4.78 is 3.98. The second kappa shape index (κ2) is 4.19. The van der Waals surface area contributed by atoms with Gasteiger partial charge in [0, 0.05) is 31.8 Å². The van der Waals surface area contributed by atoms with Crippen LogP contribution in [-0.4, -0.2) is 34.1 Å². The van der Waals surface area contributed by atoms with Crippen LogP contribution in [0, 0.1) is 0 Å². The number of carbonyl (C=O) groups is 1. The Morgan fingerprint density at radius 3 is 2.57 bits per heavy atom. The molecular weight excluding hydrogens is 200 g/mol. The number of carbonyl (C=O) groups excluding carboxylic acids is 1. The van der Waals surface area contributed by atoms with E-state index < -0.39 is 0 Å². The van der Waals surface area contributed by atoms with Gasteiger partial charge in [-0.2, -0.15) is 9.36 Å². The molecule has 0 aliphatic rings. The zero-order valence-electron chi connectivity index (χ0n) is 8.31. The predicted octanol–water partition coefficient (Wildman–Crippen LogP) is 0.612. The van der Waals surface area contributed by atoms with Crippen molar-refractivity contribution in [3.05, 3.63) is 12.0 Å². The Morgan fingerprint density at radius 2 is 2.21 bits per heavy atom. The second-order valence-corrected chi connectivity index (χ2v) is 3.80. The van der Waals surface area contributed by atoms with Gasteiger partial charge >= 0.3 is 0 Å². The minimum atomic E-state index is -0.0727. The van der Waals surface area contributed by atoms with Crippen molar-refractivity contribution in [2.75, 3.05) is 19.8 Å². The van der Waals surface area contributed by atoms with E-state index in [1.54, 1.807) is 11.1 Å². The average molecular weight is 212 g/mol. The van der Waals surface area contributed by atoms with Crippen LogP contribution in [0.5, 0.6) is 0 Å². The monoisotopic (exact) mass is 212 g/mol. The lowest BCUT2D eigenvalue weighted by molar-refractivity contribution is -0.111. The van der Waals surface area contributed by atoms with E-state index in [-0.39, 0.29) is 5.78 Å². The number of hydrogen-bond acceptors (Lipinski definition) is 6. The number of allylic oxidation sites excluding steroid dienone is 1. The normalized spacial score (nSPS) is 11.5. The van der Waals surface area contributed by atoms with Crippen molar-refractivity contribution in [3.63, 3.8) is 0 Å². The summed E-state index contributed by atoms with van der Waals surface area (Å²) in [7, 11) is 3.66. The maximum absolute atomic E-state index is 11.3. The van der Waals surface area contributed by atoms with Gasteiger partial charge in [0.25, 0.3) is 0 Å². The Bertz CT molecular complexity index is 369.